The molecular weight excluding hydrogens is 282 g/mol. The van der Waals surface area contributed by atoms with E-state index in [0.717, 1.165) is 25.3 Å². The lowest BCUT2D eigenvalue weighted by Gasteiger charge is -2.07. The zero-order valence-corrected chi connectivity index (χ0v) is 10.9. The Morgan fingerprint density at radius 2 is 1.76 bits per heavy atom. The minimum absolute atomic E-state index is 0.00958. The number of hydrogen-bond donors (Lipinski definition) is 1. The molecule has 0 aliphatic carbocycles. The van der Waals surface area contributed by atoms with E-state index in [-0.39, 0.29) is 22.3 Å². The SMILES string of the molecule is COC(=O)c1cc(F)cc(-c2ccc(C(=O)O)cc2F)c1. The number of hydrogen-bond acceptors (Lipinski definition) is 3. The van der Waals surface area contributed by atoms with Crippen LogP contribution in [0.25, 0.3) is 11.1 Å². The first kappa shape index (κ1) is 14.6. The van der Waals surface area contributed by atoms with Crippen molar-refractivity contribution >= 4 is 11.9 Å². The number of esters is 1. The van der Waals surface area contributed by atoms with Gasteiger partial charge in [0.15, 0.2) is 0 Å². The molecule has 0 heterocycles. The van der Waals surface area contributed by atoms with Gasteiger partial charge in [0.1, 0.15) is 11.6 Å². The number of carboxylic acids is 1. The van der Waals surface area contributed by atoms with Crippen LogP contribution >= 0.6 is 0 Å². The van der Waals surface area contributed by atoms with Gasteiger partial charge in [-0.25, -0.2) is 18.4 Å². The van der Waals surface area contributed by atoms with Gasteiger partial charge in [-0.2, -0.15) is 0 Å². The maximum atomic E-state index is 13.9. The van der Waals surface area contributed by atoms with Crippen molar-refractivity contribution in [3.63, 3.8) is 0 Å². The van der Waals surface area contributed by atoms with Crippen LogP contribution < -0.4 is 0 Å². The maximum Gasteiger partial charge on any atom is 0.337 e. The smallest absolute Gasteiger partial charge is 0.337 e. The highest BCUT2D eigenvalue weighted by atomic mass is 19.1. The van der Waals surface area contributed by atoms with E-state index in [9.17, 15) is 18.4 Å². The number of rotatable bonds is 3. The normalized spacial score (nSPS) is 10.2. The summed E-state index contributed by atoms with van der Waals surface area (Å²) in [6.45, 7) is 0. The molecule has 2 aromatic carbocycles. The molecule has 0 saturated heterocycles. The number of ether oxygens (including phenoxy) is 1. The first-order valence-corrected chi connectivity index (χ1v) is 5.84. The fourth-order valence-electron chi connectivity index (χ4n) is 1.86. The second-order valence-corrected chi connectivity index (χ2v) is 4.22. The van der Waals surface area contributed by atoms with Gasteiger partial charge in [-0.05, 0) is 35.9 Å². The Labute approximate surface area is 118 Å². The fourth-order valence-corrected chi connectivity index (χ4v) is 1.86. The first-order valence-electron chi connectivity index (χ1n) is 5.84. The van der Waals surface area contributed by atoms with Crippen molar-refractivity contribution in [2.24, 2.45) is 0 Å². The summed E-state index contributed by atoms with van der Waals surface area (Å²) in [5, 5.41) is 8.78. The Morgan fingerprint density at radius 3 is 2.33 bits per heavy atom. The minimum Gasteiger partial charge on any atom is -0.478 e. The number of halogens is 2. The number of carbonyl (C=O) groups excluding carboxylic acids is 1. The molecule has 1 N–H and O–H groups in total. The molecule has 4 nitrogen and oxygen atoms in total. The molecule has 0 fully saturated rings. The monoisotopic (exact) mass is 292 g/mol. The van der Waals surface area contributed by atoms with E-state index in [2.05, 4.69) is 4.74 Å². The number of methoxy groups -OCH3 is 1. The van der Waals surface area contributed by atoms with Gasteiger partial charge in [-0.15, -0.1) is 0 Å². The molecular formula is C15H10F2O4. The van der Waals surface area contributed by atoms with Gasteiger partial charge < -0.3 is 9.84 Å². The molecule has 0 amide bonds. The highest BCUT2D eigenvalue weighted by Gasteiger charge is 2.14. The molecule has 2 rings (SSSR count). The molecule has 0 saturated carbocycles. The molecule has 0 bridgehead atoms. The van der Waals surface area contributed by atoms with E-state index in [4.69, 9.17) is 5.11 Å². The summed E-state index contributed by atoms with van der Waals surface area (Å²) < 4.78 is 32.0. The predicted octanol–water partition coefficient (Wildman–Crippen LogP) is 3.12. The van der Waals surface area contributed by atoms with Crippen LogP contribution in [0.15, 0.2) is 36.4 Å². The van der Waals surface area contributed by atoms with Crippen LogP contribution in [0, 0.1) is 11.6 Å². The van der Waals surface area contributed by atoms with Crippen LogP contribution in [0.1, 0.15) is 20.7 Å². The van der Waals surface area contributed by atoms with Gasteiger partial charge in [0, 0.05) is 5.56 Å². The summed E-state index contributed by atoms with van der Waals surface area (Å²) in [7, 11) is 1.15. The number of benzene rings is 2. The average molecular weight is 292 g/mol. The maximum absolute atomic E-state index is 13.9. The van der Waals surface area contributed by atoms with Gasteiger partial charge in [0.2, 0.25) is 0 Å². The molecule has 2 aromatic rings. The largest absolute Gasteiger partial charge is 0.478 e. The van der Waals surface area contributed by atoms with Crippen LogP contribution in [0.3, 0.4) is 0 Å². The fraction of sp³-hybridized carbons (Fsp3) is 0.0667. The molecule has 6 heteroatoms. The van der Waals surface area contributed by atoms with Crippen molar-refractivity contribution in [2.75, 3.05) is 7.11 Å². The average Bonchev–Trinajstić information content (AvgIpc) is 2.45. The van der Waals surface area contributed by atoms with Crippen LogP contribution in [0.4, 0.5) is 8.78 Å². The van der Waals surface area contributed by atoms with Crippen LogP contribution in [0.5, 0.6) is 0 Å². The van der Waals surface area contributed by atoms with E-state index in [0.29, 0.717) is 0 Å². The molecule has 0 atom stereocenters. The summed E-state index contributed by atoms with van der Waals surface area (Å²) in [4.78, 5) is 22.2. The number of carboxylic acid groups (broad SMARTS) is 1. The lowest BCUT2D eigenvalue weighted by atomic mass is 10.0. The predicted molar refractivity (Wildman–Crippen MR) is 70.1 cm³/mol. The summed E-state index contributed by atoms with van der Waals surface area (Å²) in [6.07, 6.45) is 0. The Morgan fingerprint density at radius 1 is 1.05 bits per heavy atom. The topological polar surface area (TPSA) is 63.6 Å². The second-order valence-electron chi connectivity index (χ2n) is 4.22. The van der Waals surface area contributed by atoms with Gasteiger partial charge in [-0.3, -0.25) is 0 Å². The van der Waals surface area contributed by atoms with Crippen LogP contribution in [-0.2, 0) is 4.74 Å². The Hall–Kier alpha value is -2.76. The van der Waals surface area contributed by atoms with E-state index in [1.165, 1.54) is 18.2 Å². The quantitative estimate of drug-likeness (QED) is 0.883. The first-order chi connectivity index (χ1) is 9.92. The third kappa shape index (κ3) is 3.05. The zero-order valence-electron chi connectivity index (χ0n) is 10.9. The van der Waals surface area contributed by atoms with Crippen LogP contribution in [0.2, 0.25) is 0 Å². The van der Waals surface area contributed by atoms with Crippen molar-refractivity contribution in [1.29, 1.82) is 0 Å². The second kappa shape index (κ2) is 5.70. The van der Waals surface area contributed by atoms with Gasteiger partial charge in [0.05, 0.1) is 18.2 Å². The van der Waals surface area contributed by atoms with E-state index >= 15 is 0 Å². The van der Waals surface area contributed by atoms with Crippen molar-refractivity contribution in [3.8, 4) is 11.1 Å². The Kier molecular flexibility index (Phi) is 3.98. The molecule has 0 aliphatic rings. The highest BCUT2D eigenvalue weighted by molar-refractivity contribution is 5.91. The van der Waals surface area contributed by atoms with Crippen molar-refractivity contribution < 1.29 is 28.2 Å². The molecule has 0 unspecified atom stereocenters. The Balaban J connectivity index is 2.54. The Bertz CT molecular complexity index is 726. The lowest BCUT2D eigenvalue weighted by Crippen LogP contribution is -2.03. The number of carbonyl (C=O) groups is 2. The molecule has 0 radical (unpaired) electrons. The van der Waals surface area contributed by atoms with Gasteiger partial charge in [-0.1, -0.05) is 6.07 Å². The van der Waals surface area contributed by atoms with Crippen molar-refractivity contribution in [3.05, 3.63) is 59.2 Å². The summed E-state index contributed by atoms with van der Waals surface area (Å²) in [6, 6.07) is 6.54. The standard InChI is InChI=1S/C15H10F2O4/c1-21-15(20)10-4-9(5-11(16)6-10)12-3-2-8(14(18)19)7-13(12)17/h2-7H,1H3,(H,18,19). The minimum atomic E-state index is -1.27. The molecule has 0 spiro atoms. The highest BCUT2D eigenvalue weighted by Crippen LogP contribution is 2.26. The molecule has 0 aromatic heterocycles. The molecule has 108 valence electrons. The van der Waals surface area contributed by atoms with Gasteiger partial charge >= 0.3 is 11.9 Å². The van der Waals surface area contributed by atoms with E-state index in [1.807, 2.05) is 0 Å². The number of aromatic carboxylic acids is 1. The zero-order chi connectivity index (χ0) is 15.6. The molecule has 21 heavy (non-hydrogen) atoms. The van der Waals surface area contributed by atoms with Gasteiger partial charge in [0.25, 0.3) is 0 Å². The van der Waals surface area contributed by atoms with E-state index < -0.39 is 23.6 Å². The van der Waals surface area contributed by atoms with Crippen molar-refractivity contribution in [2.45, 2.75) is 0 Å². The van der Waals surface area contributed by atoms with Crippen molar-refractivity contribution in [1.82, 2.24) is 0 Å². The van der Waals surface area contributed by atoms with E-state index in [1.54, 1.807) is 0 Å². The summed E-state index contributed by atoms with van der Waals surface area (Å²) in [5.74, 6) is -3.57. The third-order valence-corrected chi connectivity index (χ3v) is 2.85. The third-order valence-electron chi connectivity index (χ3n) is 2.85. The molecule has 0 aliphatic heterocycles. The summed E-state index contributed by atoms with van der Waals surface area (Å²) in [5.41, 5.74) is -0.176. The van der Waals surface area contributed by atoms with Crippen LogP contribution in [-0.4, -0.2) is 24.2 Å². The lowest BCUT2D eigenvalue weighted by molar-refractivity contribution is 0.0599. The summed E-state index contributed by atoms with van der Waals surface area (Å²) >= 11 is 0.